The first kappa shape index (κ1) is 23.0. The van der Waals surface area contributed by atoms with E-state index in [4.69, 9.17) is 0 Å². The SMILES string of the molecule is CCS(CC)(Cc1ccccc1)OS(=O)(=O)C(F)(F)C(F)(F)C(F)(F)F. The Balaban J connectivity index is 3.29. The molecule has 0 aliphatic carbocycles. The van der Waals surface area contributed by atoms with Crippen LogP contribution >= 0.6 is 10.3 Å². The Kier molecular flexibility index (Phi) is 6.68. The summed E-state index contributed by atoms with van der Waals surface area (Å²) < 4.78 is 118. The molecule has 0 heterocycles. The molecule has 12 heteroatoms. The average Bonchev–Trinajstić information content (AvgIpc) is 2.53. The van der Waals surface area contributed by atoms with Gasteiger partial charge in [0.25, 0.3) is 0 Å². The minimum absolute atomic E-state index is 0.134. The summed E-state index contributed by atoms with van der Waals surface area (Å²) in [5.41, 5.74) is 0.479. The van der Waals surface area contributed by atoms with Gasteiger partial charge < -0.3 is 0 Å². The van der Waals surface area contributed by atoms with Gasteiger partial charge in [-0.25, -0.2) is 3.63 Å². The second kappa shape index (κ2) is 7.55. The Labute approximate surface area is 148 Å². The minimum Gasteiger partial charge on any atom is -0.215 e. The Morgan fingerprint density at radius 3 is 1.73 bits per heavy atom. The quantitative estimate of drug-likeness (QED) is 0.540. The number of benzene rings is 1. The van der Waals surface area contributed by atoms with Gasteiger partial charge in [-0.05, 0) is 17.1 Å². The van der Waals surface area contributed by atoms with Gasteiger partial charge in [-0.15, -0.1) is 10.3 Å². The van der Waals surface area contributed by atoms with Gasteiger partial charge in [0.1, 0.15) is 0 Å². The van der Waals surface area contributed by atoms with E-state index >= 15 is 0 Å². The molecule has 3 nitrogen and oxygen atoms in total. The van der Waals surface area contributed by atoms with Crippen molar-refractivity contribution in [2.45, 2.75) is 37.0 Å². The fraction of sp³-hybridized carbons (Fsp3) is 0.571. The minimum atomic E-state index is -6.79. The van der Waals surface area contributed by atoms with Gasteiger partial charge in [0.2, 0.25) is 0 Å². The lowest BCUT2D eigenvalue weighted by Gasteiger charge is -2.38. The van der Waals surface area contributed by atoms with Crippen LogP contribution in [0.2, 0.25) is 0 Å². The fourth-order valence-corrected chi connectivity index (χ4v) is 6.83. The lowest BCUT2D eigenvalue weighted by Crippen LogP contribution is -2.56. The van der Waals surface area contributed by atoms with Crippen molar-refractivity contribution in [1.82, 2.24) is 0 Å². The first-order valence-corrected chi connectivity index (χ1v) is 10.7. The Morgan fingerprint density at radius 2 is 1.35 bits per heavy atom. The van der Waals surface area contributed by atoms with Gasteiger partial charge in [-0.2, -0.15) is 39.2 Å². The van der Waals surface area contributed by atoms with Crippen LogP contribution < -0.4 is 0 Å². The number of alkyl halides is 7. The number of hydrogen-bond donors (Lipinski definition) is 0. The second-order valence-electron chi connectivity index (χ2n) is 5.28. The summed E-state index contributed by atoms with van der Waals surface area (Å²) in [6.45, 7) is 2.77. The molecule has 0 radical (unpaired) electrons. The van der Waals surface area contributed by atoms with E-state index in [2.05, 4.69) is 3.63 Å². The van der Waals surface area contributed by atoms with Crippen molar-refractivity contribution in [3.05, 3.63) is 35.9 Å². The van der Waals surface area contributed by atoms with Crippen LogP contribution in [0.25, 0.3) is 0 Å². The molecule has 152 valence electrons. The van der Waals surface area contributed by atoms with Gasteiger partial charge in [0.15, 0.2) is 0 Å². The van der Waals surface area contributed by atoms with Gasteiger partial charge in [-0.1, -0.05) is 44.2 Å². The maximum absolute atomic E-state index is 13.6. The predicted octanol–water partition coefficient (Wildman–Crippen LogP) is 5.08. The number of rotatable bonds is 8. The van der Waals surface area contributed by atoms with Crippen LogP contribution in [0.1, 0.15) is 19.4 Å². The van der Waals surface area contributed by atoms with Crippen molar-refractivity contribution in [3.8, 4) is 0 Å². The zero-order chi connectivity index (χ0) is 20.4. The molecule has 0 spiro atoms. The molecular formula is C14H17F7O3S2. The normalized spacial score (nSPS) is 15.1. The van der Waals surface area contributed by atoms with E-state index in [0.29, 0.717) is 5.56 Å². The first-order chi connectivity index (χ1) is 11.7. The van der Waals surface area contributed by atoms with E-state index < -0.39 is 37.8 Å². The molecule has 0 aliphatic heterocycles. The molecule has 1 rings (SSSR count). The van der Waals surface area contributed by atoms with Crippen molar-refractivity contribution < 1.29 is 42.8 Å². The zero-order valence-corrected chi connectivity index (χ0v) is 15.3. The maximum Gasteiger partial charge on any atom is 0.461 e. The van der Waals surface area contributed by atoms with Crippen molar-refractivity contribution in [2.24, 2.45) is 0 Å². The van der Waals surface area contributed by atoms with E-state index in [1.807, 2.05) is 0 Å². The summed E-state index contributed by atoms with van der Waals surface area (Å²) in [5, 5.41) is -6.46. The summed E-state index contributed by atoms with van der Waals surface area (Å²) in [5.74, 6) is -7.25. The highest BCUT2D eigenvalue weighted by Crippen LogP contribution is 2.57. The molecule has 0 amide bonds. The number of halogens is 7. The van der Waals surface area contributed by atoms with Gasteiger partial charge in [0, 0.05) is 5.75 Å². The third kappa shape index (κ3) is 4.28. The van der Waals surface area contributed by atoms with E-state index in [1.54, 1.807) is 18.2 Å². The molecule has 0 unspecified atom stereocenters. The van der Waals surface area contributed by atoms with E-state index in [1.165, 1.54) is 26.0 Å². The molecule has 0 N–H and O–H groups in total. The maximum atomic E-state index is 13.6. The molecule has 1 aromatic rings. The Morgan fingerprint density at radius 1 is 0.885 bits per heavy atom. The summed E-state index contributed by atoms with van der Waals surface area (Å²) in [6.07, 6.45) is -6.76. The zero-order valence-electron chi connectivity index (χ0n) is 13.7. The highest BCUT2D eigenvalue weighted by atomic mass is 32.3. The monoisotopic (exact) mass is 430 g/mol. The van der Waals surface area contributed by atoms with Crippen LogP contribution in [0.4, 0.5) is 30.7 Å². The van der Waals surface area contributed by atoms with Crippen molar-refractivity contribution in [3.63, 3.8) is 0 Å². The topological polar surface area (TPSA) is 43.4 Å². The van der Waals surface area contributed by atoms with Crippen LogP contribution in [0.5, 0.6) is 0 Å². The van der Waals surface area contributed by atoms with Crippen LogP contribution in [-0.2, 0) is 19.5 Å². The molecule has 0 saturated heterocycles. The van der Waals surface area contributed by atoms with Crippen molar-refractivity contribution in [2.75, 3.05) is 11.5 Å². The predicted molar refractivity (Wildman–Crippen MR) is 84.8 cm³/mol. The average molecular weight is 430 g/mol. The van der Waals surface area contributed by atoms with Crippen LogP contribution in [0.15, 0.2) is 30.3 Å². The van der Waals surface area contributed by atoms with E-state index in [-0.39, 0.29) is 17.3 Å². The molecule has 0 bridgehead atoms. The molecule has 0 saturated carbocycles. The van der Waals surface area contributed by atoms with E-state index in [9.17, 15) is 39.2 Å². The molecular weight excluding hydrogens is 413 g/mol. The third-order valence-electron chi connectivity index (χ3n) is 3.59. The van der Waals surface area contributed by atoms with E-state index in [0.717, 1.165) is 0 Å². The third-order valence-corrected chi connectivity index (χ3v) is 9.31. The fourth-order valence-electron chi connectivity index (χ4n) is 1.96. The van der Waals surface area contributed by atoms with Crippen molar-refractivity contribution >= 4 is 20.4 Å². The Bertz CT molecular complexity index is 699. The highest BCUT2D eigenvalue weighted by Gasteiger charge is 2.79. The van der Waals surface area contributed by atoms with Crippen LogP contribution in [0, 0.1) is 0 Å². The second-order valence-corrected chi connectivity index (χ2v) is 10.6. The summed E-state index contributed by atoms with van der Waals surface area (Å²) >= 11 is 0. The Hall–Kier alpha value is -1.01. The molecule has 0 aromatic heterocycles. The first-order valence-electron chi connectivity index (χ1n) is 7.24. The standard InChI is InChI=1S/C14H17F7O3S2/c1-3-25(4-2,10-11-8-6-5-7-9-11)24-26(22,23)14(20,21)12(15,16)13(17,18)19/h5-9H,3-4,10H2,1-2H3. The molecule has 0 atom stereocenters. The van der Waals surface area contributed by atoms with Gasteiger partial charge >= 0.3 is 27.5 Å². The molecule has 0 fully saturated rings. The molecule has 26 heavy (non-hydrogen) atoms. The van der Waals surface area contributed by atoms with Crippen molar-refractivity contribution in [1.29, 1.82) is 0 Å². The van der Waals surface area contributed by atoms with Crippen LogP contribution in [-0.4, -0.2) is 37.3 Å². The lowest BCUT2D eigenvalue weighted by molar-refractivity contribution is -0.333. The van der Waals surface area contributed by atoms with Gasteiger partial charge in [-0.3, -0.25) is 0 Å². The summed E-state index contributed by atoms with van der Waals surface area (Å²) in [7, 11) is -9.51. The number of hydrogen-bond acceptors (Lipinski definition) is 3. The molecule has 0 aliphatic rings. The molecule has 1 aromatic carbocycles. The largest absolute Gasteiger partial charge is 0.461 e. The smallest absolute Gasteiger partial charge is 0.215 e. The summed E-state index contributed by atoms with van der Waals surface area (Å²) in [6, 6.07) is 7.85. The lowest BCUT2D eigenvalue weighted by atomic mass is 10.2. The van der Waals surface area contributed by atoms with Gasteiger partial charge in [0.05, 0.1) is 0 Å². The highest BCUT2D eigenvalue weighted by molar-refractivity contribution is 8.32. The van der Waals surface area contributed by atoms with Crippen LogP contribution in [0.3, 0.4) is 0 Å². The summed E-state index contributed by atoms with van der Waals surface area (Å²) in [4.78, 5) is 0.